The van der Waals surface area contributed by atoms with E-state index in [1.807, 2.05) is 48.5 Å². The first-order valence-corrected chi connectivity index (χ1v) is 5.37. The molecule has 5 nitrogen and oxygen atoms in total. The van der Waals surface area contributed by atoms with E-state index in [2.05, 4.69) is 5.43 Å². The van der Waals surface area contributed by atoms with Crippen molar-refractivity contribution in [3.05, 3.63) is 54.6 Å². The Morgan fingerprint density at radius 3 is 2.33 bits per heavy atom. The summed E-state index contributed by atoms with van der Waals surface area (Å²) in [5.41, 5.74) is 5.12. The van der Waals surface area contributed by atoms with Crippen LogP contribution in [0.25, 0.3) is 11.1 Å². The molecule has 0 radical (unpaired) electrons. The van der Waals surface area contributed by atoms with Gasteiger partial charge in [0.05, 0.1) is 5.69 Å². The molecule has 0 atom stereocenters. The zero-order valence-electron chi connectivity index (χ0n) is 9.58. The molecule has 0 bridgehead atoms. The van der Waals surface area contributed by atoms with Gasteiger partial charge in [-0.15, -0.1) is 0 Å². The van der Waals surface area contributed by atoms with E-state index in [0.29, 0.717) is 10.8 Å². The largest absolute Gasteiger partial charge is 0.463 e. The highest BCUT2D eigenvalue weighted by Gasteiger charge is 2.09. The molecule has 2 aromatic carbocycles. The Bertz CT molecular complexity index is 543. The fraction of sp³-hybridized carbons (Fsp3) is 0. The van der Waals surface area contributed by atoms with Crippen molar-refractivity contribution in [3.8, 4) is 11.1 Å². The molecule has 0 heterocycles. The minimum absolute atomic E-state index is 0.530. The van der Waals surface area contributed by atoms with Gasteiger partial charge >= 0.3 is 6.09 Å². The van der Waals surface area contributed by atoms with Gasteiger partial charge in [-0.1, -0.05) is 48.5 Å². The third-order valence-corrected chi connectivity index (χ3v) is 2.46. The van der Waals surface area contributed by atoms with Gasteiger partial charge in [-0.3, -0.25) is 5.43 Å². The first-order chi connectivity index (χ1) is 8.68. The second-order valence-corrected chi connectivity index (χ2v) is 3.68. The maximum atomic E-state index is 10.7. The van der Waals surface area contributed by atoms with E-state index in [-0.39, 0.29) is 0 Å². The molecule has 0 unspecified atom stereocenters. The first kappa shape index (κ1) is 11.9. The van der Waals surface area contributed by atoms with Crippen molar-refractivity contribution in [1.29, 1.82) is 0 Å². The van der Waals surface area contributed by atoms with E-state index in [1.54, 1.807) is 6.07 Å². The zero-order valence-corrected chi connectivity index (χ0v) is 9.58. The number of para-hydroxylation sites is 1. The number of carboxylic acid groups (broad SMARTS) is 1. The van der Waals surface area contributed by atoms with Crippen molar-refractivity contribution >= 4 is 11.8 Å². The Morgan fingerprint density at radius 1 is 1.06 bits per heavy atom. The van der Waals surface area contributed by atoms with Crippen LogP contribution in [0.4, 0.5) is 10.5 Å². The summed E-state index contributed by atoms with van der Waals surface area (Å²) >= 11 is 0. The average molecular weight is 243 g/mol. The van der Waals surface area contributed by atoms with Crippen LogP contribution < -0.4 is 11.3 Å². The van der Waals surface area contributed by atoms with Gasteiger partial charge in [0, 0.05) is 5.56 Å². The van der Waals surface area contributed by atoms with E-state index in [1.165, 1.54) is 0 Å². The molecule has 1 amide bonds. The first-order valence-electron chi connectivity index (χ1n) is 5.37. The molecule has 0 aromatic heterocycles. The average Bonchev–Trinajstić information content (AvgIpc) is 2.40. The van der Waals surface area contributed by atoms with Crippen LogP contribution in [0.1, 0.15) is 0 Å². The Morgan fingerprint density at radius 2 is 1.67 bits per heavy atom. The number of rotatable bonds is 3. The van der Waals surface area contributed by atoms with Gasteiger partial charge in [0.1, 0.15) is 0 Å². The highest BCUT2D eigenvalue weighted by molar-refractivity contribution is 5.79. The smallest absolute Gasteiger partial charge is 0.441 e. The molecule has 0 aliphatic rings. The maximum Gasteiger partial charge on any atom is 0.441 e. The highest BCUT2D eigenvalue weighted by atomic mass is 16.4. The topological polar surface area (TPSA) is 78.6 Å². The van der Waals surface area contributed by atoms with Crippen LogP contribution in [-0.4, -0.2) is 16.3 Å². The SMILES string of the molecule is NN(Nc1ccccc1-c1ccccc1)C(=O)O. The third-order valence-electron chi connectivity index (χ3n) is 2.46. The summed E-state index contributed by atoms with van der Waals surface area (Å²) in [6.45, 7) is 0. The molecule has 0 saturated carbocycles. The zero-order chi connectivity index (χ0) is 13.0. The van der Waals surface area contributed by atoms with E-state index in [0.717, 1.165) is 11.1 Å². The van der Waals surface area contributed by atoms with Gasteiger partial charge in [0.25, 0.3) is 0 Å². The summed E-state index contributed by atoms with van der Waals surface area (Å²) in [5, 5.41) is 9.27. The minimum Gasteiger partial charge on any atom is -0.463 e. The molecule has 2 rings (SSSR count). The molecular formula is C13H13N3O2. The van der Waals surface area contributed by atoms with E-state index >= 15 is 0 Å². The van der Waals surface area contributed by atoms with Gasteiger partial charge in [0.2, 0.25) is 0 Å². The van der Waals surface area contributed by atoms with Gasteiger partial charge in [-0.25, -0.2) is 10.6 Å². The lowest BCUT2D eigenvalue weighted by atomic mass is 10.0. The Hall–Kier alpha value is -2.53. The number of hydrogen-bond acceptors (Lipinski definition) is 3. The highest BCUT2D eigenvalue weighted by Crippen LogP contribution is 2.27. The fourth-order valence-corrected chi connectivity index (χ4v) is 1.63. The number of carbonyl (C=O) groups is 1. The van der Waals surface area contributed by atoms with Gasteiger partial charge in [-0.2, -0.15) is 5.12 Å². The van der Waals surface area contributed by atoms with Gasteiger partial charge < -0.3 is 5.11 Å². The Kier molecular flexibility index (Phi) is 3.45. The minimum atomic E-state index is -1.25. The molecule has 0 spiro atoms. The molecule has 5 heteroatoms. The van der Waals surface area contributed by atoms with Crippen LogP contribution in [0.15, 0.2) is 54.6 Å². The molecule has 0 fully saturated rings. The number of benzene rings is 2. The molecule has 0 saturated heterocycles. The maximum absolute atomic E-state index is 10.7. The number of nitrogens with two attached hydrogens (primary N) is 1. The van der Waals surface area contributed by atoms with E-state index in [9.17, 15) is 4.79 Å². The molecular weight excluding hydrogens is 230 g/mol. The predicted molar refractivity (Wildman–Crippen MR) is 69.6 cm³/mol. The molecule has 18 heavy (non-hydrogen) atoms. The molecule has 2 aromatic rings. The number of anilines is 1. The number of nitrogens with one attached hydrogen (secondary N) is 1. The second kappa shape index (κ2) is 5.20. The summed E-state index contributed by atoms with van der Waals surface area (Å²) in [4.78, 5) is 10.7. The Labute approximate surface area is 104 Å². The summed E-state index contributed by atoms with van der Waals surface area (Å²) < 4.78 is 0. The fourth-order valence-electron chi connectivity index (χ4n) is 1.63. The number of hydrazine groups is 2. The van der Waals surface area contributed by atoms with E-state index < -0.39 is 6.09 Å². The predicted octanol–water partition coefficient (Wildman–Crippen LogP) is 2.53. The molecule has 0 aliphatic heterocycles. The Balaban J connectivity index is 2.35. The van der Waals surface area contributed by atoms with Crippen LogP contribution >= 0.6 is 0 Å². The molecule has 0 aliphatic carbocycles. The lowest BCUT2D eigenvalue weighted by Gasteiger charge is -2.17. The number of nitrogens with zero attached hydrogens (tertiary/aromatic N) is 1. The quantitative estimate of drug-likeness (QED) is 0.439. The summed E-state index contributed by atoms with van der Waals surface area (Å²) in [5.74, 6) is 5.32. The molecule has 4 N–H and O–H groups in total. The van der Waals surface area contributed by atoms with Crippen LogP contribution in [0, 0.1) is 0 Å². The van der Waals surface area contributed by atoms with Crippen LogP contribution in [0.2, 0.25) is 0 Å². The summed E-state index contributed by atoms with van der Waals surface area (Å²) in [7, 11) is 0. The lowest BCUT2D eigenvalue weighted by molar-refractivity contribution is 0.156. The van der Waals surface area contributed by atoms with Crippen molar-refractivity contribution < 1.29 is 9.90 Å². The van der Waals surface area contributed by atoms with Gasteiger partial charge in [0.15, 0.2) is 0 Å². The third kappa shape index (κ3) is 2.58. The standard InChI is InChI=1S/C13H13N3O2/c14-16(13(17)18)15-12-9-5-4-8-11(12)10-6-2-1-3-7-10/h1-9,15H,14H2,(H,17,18). The van der Waals surface area contributed by atoms with Crippen molar-refractivity contribution in [2.45, 2.75) is 0 Å². The lowest BCUT2D eigenvalue weighted by Crippen LogP contribution is -2.41. The summed E-state index contributed by atoms with van der Waals surface area (Å²) in [6.07, 6.45) is -1.25. The van der Waals surface area contributed by atoms with Crippen molar-refractivity contribution in [1.82, 2.24) is 5.12 Å². The second-order valence-electron chi connectivity index (χ2n) is 3.68. The van der Waals surface area contributed by atoms with Crippen molar-refractivity contribution in [3.63, 3.8) is 0 Å². The van der Waals surface area contributed by atoms with Crippen molar-refractivity contribution in [2.75, 3.05) is 5.43 Å². The molecule has 92 valence electrons. The van der Waals surface area contributed by atoms with Crippen LogP contribution in [0.3, 0.4) is 0 Å². The normalized spacial score (nSPS) is 9.83. The summed E-state index contributed by atoms with van der Waals surface area (Å²) in [6, 6.07) is 17.0. The number of hydrogen-bond donors (Lipinski definition) is 3. The van der Waals surface area contributed by atoms with Crippen LogP contribution in [0.5, 0.6) is 0 Å². The van der Waals surface area contributed by atoms with E-state index in [4.69, 9.17) is 10.9 Å². The van der Waals surface area contributed by atoms with Gasteiger partial charge in [-0.05, 0) is 11.6 Å². The number of amides is 1. The monoisotopic (exact) mass is 243 g/mol. The van der Waals surface area contributed by atoms with Crippen LogP contribution in [-0.2, 0) is 0 Å². The van der Waals surface area contributed by atoms with Crippen molar-refractivity contribution in [2.24, 2.45) is 5.84 Å².